The van der Waals surface area contributed by atoms with Crippen molar-refractivity contribution in [3.63, 3.8) is 0 Å². The fourth-order valence-electron chi connectivity index (χ4n) is 3.77. The molecule has 0 radical (unpaired) electrons. The Morgan fingerprint density at radius 1 is 1.27 bits per heavy atom. The number of thioether (sulfide) groups is 1. The van der Waals surface area contributed by atoms with Gasteiger partial charge in [0, 0.05) is 21.5 Å². The number of nitrogens with zero attached hydrogens (tertiary/aromatic N) is 3. The van der Waals surface area contributed by atoms with Crippen LogP contribution in [-0.4, -0.2) is 39.5 Å². The van der Waals surface area contributed by atoms with E-state index in [4.69, 9.17) is 4.74 Å². The van der Waals surface area contributed by atoms with Crippen molar-refractivity contribution in [3.8, 4) is 11.4 Å². The smallest absolute Gasteiger partial charge is 0.341 e. The molecular formula is C23H23BrN4O3S2. The topological polar surface area (TPSA) is 86.1 Å². The van der Waals surface area contributed by atoms with Gasteiger partial charge in [-0.3, -0.25) is 9.36 Å². The Labute approximate surface area is 208 Å². The van der Waals surface area contributed by atoms with Crippen molar-refractivity contribution in [1.29, 1.82) is 0 Å². The van der Waals surface area contributed by atoms with Crippen LogP contribution in [0.3, 0.4) is 0 Å². The van der Waals surface area contributed by atoms with Gasteiger partial charge in [0.25, 0.3) is 0 Å². The molecule has 0 unspecified atom stereocenters. The van der Waals surface area contributed by atoms with Crippen LogP contribution < -0.4 is 5.32 Å². The molecular weight excluding hydrogens is 524 g/mol. The average Bonchev–Trinajstić information content (AvgIpc) is 3.39. The highest BCUT2D eigenvalue weighted by molar-refractivity contribution is 9.10. The summed E-state index contributed by atoms with van der Waals surface area (Å²) in [7, 11) is 1.37. The van der Waals surface area contributed by atoms with Crippen molar-refractivity contribution in [2.24, 2.45) is 0 Å². The fourth-order valence-corrected chi connectivity index (χ4v) is 6.07. The van der Waals surface area contributed by atoms with Crippen molar-refractivity contribution >= 4 is 55.9 Å². The molecule has 3 aromatic rings. The SMILES string of the molecule is C=CCn1c(SCC(=O)Nc2sc3c(c2C(=O)OC)CCCC3)nnc1-c1ccc(Br)cc1. The maximum Gasteiger partial charge on any atom is 0.341 e. The summed E-state index contributed by atoms with van der Waals surface area (Å²) in [5.74, 6) is 0.243. The summed E-state index contributed by atoms with van der Waals surface area (Å²) >= 11 is 6.22. The lowest BCUT2D eigenvalue weighted by Gasteiger charge is -2.11. The van der Waals surface area contributed by atoms with E-state index in [2.05, 4.69) is 38.0 Å². The van der Waals surface area contributed by atoms with E-state index in [0.29, 0.717) is 28.1 Å². The number of allylic oxidation sites excluding steroid dienone is 1. The maximum atomic E-state index is 12.8. The third-order valence-electron chi connectivity index (χ3n) is 5.28. The minimum absolute atomic E-state index is 0.138. The molecule has 1 aliphatic rings. The van der Waals surface area contributed by atoms with Gasteiger partial charge in [0.15, 0.2) is 11.0 Å². The van der Waals surface area contributed by atoms with E-state index in [9.17, 15) is 9.59 Å². The van der Waals surface area contributed by atoms with Gasteiger partial charge in [-0.2, -0.15) is 0 Å². The second-order valence-electron chi connectivity index (χ2n) is 7.46. The zero-order valence-electron chi connectivity index (χ0n) is 18.1. The molecule has 172 valence electrons. The lowest BCUT2D eigenvalue weighted by molar-refractivity contribution is -0.113. The van der Waals surface area contributed by atoms with Crippen molar-refractivity contribution in [2.75, 3.05) is 18.2 Å². The molecule has 0 atom stereocenters. The number of rotatable bonds is 8. The molecule has 1 amide bonds. The molecule has 0 saturated carbocycles. The monoisotopic (exact) mass is 546 g/mol. The van der Waals surface area contributed by atoms with Crippen LogP contribution in [-0.2, 0) is 28.9 Å². The Morgan fingerprint density at radius 3 is 2.76 bits per heavy atom. The number of esters is 1. The summed E-state index contributed by atoms with van der Waals surface area (Å²) in [5, 5.41) is 12.7. The van der Waals surface area contributed by atoms with Gasteiger partial charge < -0.3 is 10.1 Å². The second kappa shape index (κ2) is 10.7. The number of halogens is 1. The Balaban J connectivity index is 1.50. The third-order valence-corrected chi connectivity index (χ3v) is 7.98. The zero-order valence-corrected chi connectivity index (χ0v) is 21.3. The van der Waals surface area contributed by atoms with Gasteiger partial charge in [0.2, 0.25) is 5.91 Å². The molecule has 7 nitrogen and oxygen atoms in total. The summed E-state index contributed by atoms with van der Waals surface area (Å²) < 4.78 is 7.89. The molecule has 0 saturated heterocycles. The van der Waals surface area contributed by atoms with Gasteiger partial charge in [-0.05, 0) is 43.4 Å². The minimum Gasteiger partial charge on any atom is -0.465 e. The van der Waals surface area contributed by atoms with Gasteiger partial charge in [0.05, 0.1) is 18.4 Å². The van der Waals surface area contributed by atoms with E-state index in [1.807, 2.05) is 28.8 Å². The van der Waals surface area contributed by atoms with Crippen LogP contribution in [0.2, 0.25) is 0 Å². The van der Waals surface area contributed by atoms with E-state index in [-0.39, 0.29) is 11.7 Å². The highest BCUT2D eigenvalue weighted by Gasteiger charge is 2.27. The van der Waals surface area contributed by atoms with E-state index < -0.39 is 5.97 Å². The Hall–Kier alpha value is -2.43. The maximum absolute atomic E-state index is 12.8. The number of benzene rings is 1. The van der Waals surface area contributed by atoms with Crippen LogP contribution in [0.4, 0.5) is 5.00 Å². The number of ether oxygens (including phenoxy) is 1. The Bertz CT molecular complexity index is 1190. The molecule has 10 heteroatoms. The van der Waals surface area contributed by atoms with Crippen molar-refractivity contribution in [3.05, 3.63) is 57.4 Å². The number of aromatic nitrogens is 3. The molecule has 0 fully saturated rings. The number of fused-ring (bicyclic) bond motifs is 1. The van der Waals surface area contributed by atoms with E-state index in [1.54, 1.807) is 6.08 Å². The number of thiophene rings is 1. The number of anilines is 1. The largest absolute Gasteiger partial charge is 0.465 e. The number of carbonyl (C=O) groups excluding carboxylic acids is 2. The molecule has 33 heavy (non-hydrogen) atoms. The van der Waals surface area contributed by atoms with E-state index in [0.717, 1.165) is 46.2 Å². The molecule has 4 rings (SSSR count). The van der Waals surface area contributed by atoms with Gasteiger partial charge >= 0.3 is 5.97 Å². The van der Waals surface area contributed by atoms with E-state index in [1.165, 1.54) is 30.2 Å². The number of amides is 1. The molecule has 0 spiro atoms. The molecule has 1 N–H and O–H groups in total. The number of aryl methyl sites for hydroxylation is 1. The number of nitrogens with one attached hydrogen (secondary N) is 1. The average molecular weight is 548 g/mol. The normalized spacial score (nSPS) is 12.8. The van der Waals surface area contributed by atoms with Gasteiger partial charge in [-0.1, -0.05) is 45.9 Å². The fraction of sp³-hybridized carbons (Fsp3) is 0.304. The highest BCUT2D eigenvalue weighted by Crippen LogP contribution is 2.38. The molecule has 2 aromatic heterocycles. The first-order chi connectivity index (χ1) is 16.0. The Kier molecular flexibility index (Phi) is 7.67. The van der Waals surface area contributed by atoms with Crippen molar-refractivity contribution in [1.82, 2.24) is 14.8 Å². The van der Waals surface area contributed by atoms with Gasteiger partial charge in [0.1, 0.15) is 5.00 Å². The van der Waals surface area contributed by atoms with Gasteiger partial charge in [-0.15, -0.1) is 28.1 Å². The predicted octanol–water partition coefficient (Wildman–Crippen LogP) is 5.35. The first-order valence-corrected chi connectivity index (χ1v) is 13.1. The molecule has 2 heterocycles. The molecule has 0 bridgehead atoms. The quantitative estimate of drug-likeness (QED) is 0.233. The first-order valence-electron chi connectivity index (χ1n) is 10.5. The predicted molar refractivity (Wildman–Crippen MR) is 135 cm³/mol. The summed E-state index contributed by atoms with van der Waals surface area (Å²) in [6.45, 7) is 4.35. The number of carbonyl (C=O) groups is 2. The first kappa shape index (κ1) is 23.7. The molecule has 0 aliphatic heterocycles. The Morgan fingerprint density at radius 2 is 2.03 bits per heavy atom. The zero-order chi connectivity index (χ0) is 23.4. The van der Waals surface area contributed by atoms with Crippen LogP contribution in [0.15, 0.2) is 46.5 Å². The lowest BCUT2D eigenvalue weighted by atomic mass is 9.95. The number of methoxy groups -OCH3 is 1. The lowest BCUT2D eigenvalue weighted by Crippen LogP contribution is -2.17. The van der Waals surface area contributed by atoms with Crippen LogP contribution in [0, 0.1) is 0 Å². The van der Waals surface area contributed by atoms with E-state index >= 15 is 0 Å². The van der Waals surface area contributed by atoms with Crippen LogP contribution in [0.1, 0.15) is 33.6 Å². The molecule has 1 aromatic carbocycles. The number of hydrogen-bond acceptors (Lipinski definition) is 7. The van der Waals surface area contributed by atoms with Crippen molar-refractivity contribution < 1.29 is 14.3 Å². The highest BCUT2D eigenvalue weighted by atomic mass is 79.9. The van der Waals surface area contributed by atoms with Crippen LogP contribution in [0.25, 0.3) is 11.4 Å². The summed E-state index contributed by atoms with van der Waals surface area (Å²) in [5.41, 5.74) is 2.45. The number of hydrogen-bond donors (Lipinski definition) is 1. The van der Waals surface area contributed by atoms with Gasteiger partial charge in [-0.25, -0.2) is 4.79 Å². The van der Waals surface area contributed by atoms with Crippen LogP contribution in [0.5, 0.6) is 0 Å². The van der Waals surface area contributed by atoms with Crippen molar-refractivity contribution in [2.45, 2.75) is 37.4 Å². The second-order valence-corrected chi connectivity index (χ2v) is 10.4. The summed E-state index contributed by atoms with van der Waals surface area (Å²) in [6.07, 6.45) is 5.67. The third kappa shape index (κ3) is 5.23. The van der Waals surface area contributed by atoms with Crippen LogP contribution >= 0.6 is 39.0 Å². The summed E-state index contributed by atoms with van der Waals surface area (Å²) in [4.78, 5) is 26.3. The molecule has 1 aliphatic carbocycles. The minimum atomic E-state index is -0.401. The summed E-state index contributed by atoms with van der Waals surface area (Å²) in [6, 6.07) is 7.81. The standard InChI is InChI=1S/C23H23BrN4O3S2/c1-3-12-28-20(14-8-10-15(24)11-9-14)26-27-23(28)32-13-18(29)25-21-19(22(30)31-2)16-6-4-5-7-17(16)33-21/h3,8-11H,1,4-7,12-13H2,2H3,(H,25,29).